The number of amidine groups is 1. The average molecular weight is 282 g/mol. The molecule has 1 aromatic rings. The molecule has 5 heteroatoms. The number of nitrogens with zero attached hydrogens (tertiary/aromatic N) is 1. The van der Waals surface area contributed by atoms with E-state index in [1.807, 2.05) is 19.1 Å². The molecule has 0 aromatic heterocycles. The van der Waals surface area contributed by atoms with Crippen LogP contribution in [-0.2, 0) is 6.54 Å². The van der Waals surface area contributed by atoms with Gasteiger partial charge in [-0.1, -0.05) is 23.7 Å². The van der Waals surface area contributed by atoms with Crippen LogP contribution in [0.15, 0.2) is 18.2 Å². The van der Waals surface area contributed by atoms with Gasteiger partial charge in [0.05, 0.1) is 5.60 Å². The van der Waals surface area contributed by atoms with E-state index in [0.29, 0.717) is 23.7 Å². The predicted molar refractivity (Wildman–Crippen MR) is 77.6 cm³/mol. The molecule has 4 N–H and O–H groups in total. The Hall–Kier alpha value is -1.10. The second kappa shape index (κ2) is 5.49. The van der Waals surface area contributed by atoms with Crippen molar-refractivity contribution >= 4 is 17.4 Å². The smallest absolute Gasteiger partial charge is 0.122 e. The highest BCUT2D eigenvalue weighted by Crippen LogP contribution is 2.24. The normalized spacial score (nSPS) is 24.4. The summed E-state index contributed by atoms with van der Waals surface area (Å²) in [6.45, 7) is 4.23. The molecule has 4 nitrogen and oxygen atoms in total. The minimum absolute atomic E-state index is 0.0226. The number of nitrogens with one attached hydrogen (secondary N) is 1. The number of β-amino-alcohol motifs (C(OH)–C–C–N with tert-alkyl or cyclic N) is 1. The molecule has 19 heavy (non-hydrogen) atoms. The van der Waals surface area contributed by atoms with Crippen LogP contribution in [0.1, 0.15) is 30.9 Å². The molecule has 1 unspecified atom stereocenters. The summed E-state index contributed by atoms with van der Waals surface area (Å²) in [5.74, 6) is 0.0226. The Morgan fingerprint density at radius 3 is 2.89 bits per heavy atom. The number of likely N-dealkylation sites (tertiary alicyclic amines) is 1. The second-order valence-corrected chi connectivity index (χ2v) is 5.94. The molecule has 1 aliphatic rings. The Bertz CT molecular complexity index is 488. The van der Waals surface area contributed by atoms with E-state index in [9.17, 15) is 5.11 Å². The summed E-state index contributed by atoms with van der Waals surface area (Å²) in [4.78, 5) is 2.21. The third-order valence-electron chi connectivity index (χ3n) is 3.51. The van der Waals surface area contributed by atoms with E-state index in [2.05, 4.69) is 4.90 Å². The third-order valence-corrected chi connectivity index (χ3v) is 3.86. The number of rotatable bonds is 3. The van der Waals surface area contributed by atoms with Gasteiger partial charge in [-0.15, -0.1) is 0 Å². The van der Waals surface area contributed by atoms with Crippen molar-refractivity contribution in [1.82, 2.24) is 4.90 Å². The topological polar surface area (TPSA) is 73.3 Å². The van der Waals surface area contributed by atoms with Crippen molar-refractivity contribution in [3.8, 4) is 0 Å². The fourth-order valence-corrected chi connectivity index (χ4v) is 2.78. The highest BCUT2D eigenvalue weighted by Gasteiger charge is 2.28. The number of halogens is 1. The zero-order chi connectivity index (χ0) is 14.0. The molecule has 1 heterocycles. The van der Waals surface area contributed by atoms with Crippen molar-refractivity contribution < 1.29 is 5.11 Å². The number of hydrogen-bond donors (Lipinski definition) is 3. The van der Waals surface area contributed by atoms with Gasteiger partial charge in [0.15, 0.2) is 0 Å². The average Bonchev–Trinajstić information content (AvgIpc) is 2.30. The lowest BCUT2D eigenvalue weighted by Crippen LogP contribution is -2.45. The Labute approximate surface area is 118 Å². The largest absolute Gasteiger partial charge is 0.389 e. The zero-order valence-corrected chi connectivity index (χ0v) is 11.9. The first-order valence-electron chi connectivity index (χ1n) is 6.45. The van der Waals surface area contributed by atoms with E-state index in [-0.39, 0.29) is 5.84 Å². The fraction of sp³-hybridized carbons (Fsp3) is 0.500. The summed E-state index contributed by atoms with van der Waals surface area (Å²) in [6, 6.07) is 5.44. The van der Waals surface area contributed by atoms with Gasteiger partial charge in [-0.05, 0) is 37.9 Å². The highest BCUT2D eigenvalue weighted by molar-refractivity contribution is 6.31. The van der Waals surface area contributed by atoms with Gasteiger partial charge >= 0.3 is 0 Å². The maximum Gasteiger partial charge on any atom is 0.122 e. The number of nitrogen functional groups attached to an aromatic ring is 1. The van der Waals surface area contributed by atoms with Gasteiger partial charge in [-0.25, -0.2) is 0 Å². The number of hydrogen-bond acceptors (Lipinski definition) is 3. The van der Waals surface area contributed by atoms with Crippen molar-refractivity contribution in [3.05, 3.63) is 34.3 Å². The first-order valence-corrected chi connectivity index (χ1v) is 6.83. The maximum absolute atomic E-state index is 10.1. The molecule has 1 aromatic carbocycles. The molecule has 1 saturated heterocycles. The number of aliphatic hydroxyl groups is 1. The van der Waals surface area contributed by atoms with Gasteiger partial charge in [-0.3, -0.25) is 10.3 Å². The first-order chi connectivity index (χ1) is 8.87. The third kappa shape index (κ3) is 3.69. The second-order valence-electron chi connectivity index (χ2n) is 5.53. The highest BCUT2D eigenvalue weighted by atomic mass is 35.5. The van der Waals surface area contributed by atoms with Crippen LogP contribution in [0.3, 0.4) is 0 Å². The Kier molecular flexibility index (Phi) is 4.13. The number of piperidine rings is 1. The Balaban J connectivity index is 2.09. The SMILES string of the molecule is CC1(O)CCCN(Cc2ccc(C(=N)N)cc2Cl)C1. The van der Waals surface area contributed by atoms with E-state index in [1.54, 1.807) is 6.07 Å². The Morgan fingerprint density at radius 2 is 2.32 bits per heavy atom. The van der Waals surface area contributed by atoms with Crippen LogP contribution in [0.25, 0.3) is 0 Å². The molecule has 0 aliphatic carbocycles. The van der Waals surface area contributed by atoms with E-state index >= 15 is 0 Å². The summed E-state index contributed by atoms with van der Waals surface area (Å²) >= 11 is 6.22. The van der Waals surface area contributed by atoms with Crippen molar-refractivity contribution in [2.75, 3.05) is 13.1 Å². The van der Waals surface area contributed by atoms with Gasteiger partial charge in [-0.2, -0.15) is 0 Å². The lowest BCUT2D eigenvalue weighted by atomic mass is 9.95. The molecule has 1 aliphatic heterocycles. The summed E-state index contributed by atoms with van der Waals surface area (Å²) in [5.41, 5.74) is 6.47. The van der Waals surface area contributed by atoms with Crippen molar-refractivity contribution in [3.63, 3.8) is 0 Å². The van der Waals surface area contributed by atoms with Crippen molar-refractivity contribution in [2.45, 2.75) is 31.9 Å². The van der Waals surface area contributed by atoms with Gasteiger partial charge in [0.25, 0.3) is 0 Å². The van der Waals surface area contributed by atoms with Crippen LogP contribution in [0, 0.1) is 5.41 Å². The molecular weight excluding hydrogens is 262 g/mol. The summed E-state index contributed by atoms with van der Waals surface area (Å²) in [7, 11) is 0. The quantitative estimate of drug-likeness (QED) is 0.586. The molecular formula is C14H20ClN3O. The van der Waals surface area contributed by atoms with Crippen LogP contribution in [0.4, 0.5) is 0 Å². The molecule has 0 bridgehead atoms. The molecule has 0 saturated carbocycles. The lowest BCUT2D eigenvalue weighted by Gasteiger charge is -2.37. The van der Waals surface area contributed by atoms with Gasteiger partial charge in [0, 0.05) is 23.7 Å². The minimum Gasteiger partial charge on any atom is -0.389 e. The summed E-state index contributed by atoms with van der Waals surface area (Å²) in [5, 5.41) is 18.1. The molecule has 1 atom stereocenters. The maximum atomic E-state index is 10.1. The molecule has 0 radical (unpaired) electrons. The lowest BCUT2D eigenvalue weighted by molar-refractivity contribution is -0.0181. The van der Waals surface area contributed by atoms with Crippen LogP contribution < -0.4 is 5.73 Å². The first kappa shape index (κ1) is 14.3. The molecule has 0 spiro atoms. The van der Waals surface area contributed by atoms with Crippen LogP contribution in [-0.4, -0.2) is 34.5 Å². The molecule has 2 rings (SSSR count). The van der Waals surface area contributed by atoms with E-state index in [4.69, 9.17) is 22.7 Å². The Morgan fingerprint density at radius 1 is 1.58 bits per heavy atom. The monoisotopic (exact) mass is 281 g/mol. The van der Waals surface area contributed by atoms with E-state index in [1.165, 1.54) is 0 Å². The predicted octanol–water partition coefficient (Wildman–Crippen LogP) is 1.97. The van der Waals surface area contributed by atoms with Gasteiger partial charge in [0.2, 0.25) is 0 Å². The van der Waals surface area contributed by atoms with E-state index in [0.717, 1.165) is 24.9 Å². The summed E-state index contributed by atoms with van der Waals surface area (Å²) < 4.78 is 0. The van der Waals surface area contributed by atoms with Gasteiger partial charge in [0.1, 0.15) is 5.84 Å². The molecule has 104 valence electrons. The fourth-order valence-electron chi connectivity index (χ4n) is 2.54. The summed E-state index contributed by atoms with van der Waals surface area (Å²) in [6.07, 6.45) is 1.84. The van der Waals surface area contributed by atoms with Gasteiger partial charge < -0.3 is 10.8 Å². The van der Waals surface area contributed by atoms with Crippen LogP contribution in [0.2, 0.25) is 5.02 Å². The minimum atomic E-state index is -0.607. The zero-order valence-electron chi connectivity index (χ0n) is 11.1. The van der Waals surface area contributed by atoms with Crippen LogP contribution >= 0.6 is 11.6 Å². The standard InChI is InChI=1S/C14H20ClN3O/c1-14(19)5-2-6-18(9-14)8-11-4-3-10(13(16)17)7-12(11)15/h3-4,7,19H,2,5-6,8-9H2,1H3,(H3,16,17). The van der Waals surface area contributed by atoms with Crippen molar-refractivity contribution in [2.24, 2.45) is 5.73 Å². The van der Waals surface area contributed by atoms with Crippen molar-refractivity contribution in [1.29, 1.82) is 5.41 Å². The number of benzene rings is 1. The number of nitrogens with two attached hydrogens (primary N) is 1. The van der Waals surface area contributed by atoms with E-state index < -0.39 is 5.60 Å². The molecule has 0 amide bonds. The molecule has 1 fully saturated rings. The van der Waals surface area contributed by atoms with Crippen LogP contribution in [0.5, 0.6) is 0 Å².